The minimum atomic E-state index is -2.92. The van der Waals surface area contributed by atoms with E-state index in [0.717, 1.165) is 25.7 Å². The lowest BCUT2D eigenvalue weighted by Gasteiger charge is -2.41. The number of nitrogens with one attached hydrogen (secondary N) is 5. The monoisotopic (exact) mass is 377 g/mol. The number of sulfone groups is 1. The molecular formula is C15H31N5O4S. The Labute approximate surface area is 150 Å². The van der Waals surface area contributed by atoms with Crippen molar-refractivity contribution >= 4 is 10.2 Å². The minimum Gasteiger partial charge on any atom is -0.615 e. The molecule has 1 aliphatic carbocycles. The molecule has 6 N–H and O–H groups in total. The third kappa shape index (κ3) is 5.91. The summed E-state index contributed by atoms with van der Waals surface area (Å²) in [7, 11) is -2.92. The third-order valence-electron chi connectivity index (χ3n) is 5.04. The average Bonchev–Trinajstić information content (AvgIpc) is 2.88. The molecule has 5 unspecified atom stereocenters. The topological polar surface area (TPSA) is 130 Å². The van der Waals surface area contributed by atoms with E-state index >= 15 is 0 Å². The van der Waals surface area contributed by atoms with Crippen LogP contribution in [0.3, 0.4) is 0 Å². The summed E-state index contributed by atoms with van der Waals surface area (Å²) in [6, 6.07) is 0.280. The van der Waals surface area contributed by atoms with Crippen molar-refractivity contribution in [2.45, 2.75) is 76.1 Å². The van der Waals surface area contributed by atoms with Crippen LogP contribution < -0.4 is 26.6 Å². The summed E-state index contributed by atoms with van der Waals surface area (Å²) in [5.74, 6) is 0.425. The second kappa shape index (κ2) is 8.68. The Kier molecular flexibility index (Phi) is 6.80. The number of ether oxygens (including phenoxy) is 1. The van der Waals surface area contributed by atoms with Crippen LogP contribution >= 0.6 is 0 Å². The van der Waals surface area contributed by atoms with Crippen LogP contribution in [0.2, 0.25) is 0 Å². The van der Waals surface area contributed by atoms with Gasteiger partial charge in [0.1, 0.15) is 24.1 Å². The van der Waals surface area contributed by atoms with Crippen LogP contribution in [-0.2, 0) is 19.2 Å². The molecule has 0 aromatic heterocycles. The van der Waals surface area contributed by atoms with E-state index < -0.39 is 10.2 Å². The van der Waals surface area contributed by atoms with E-state index in [0.29, 0.717) is 19.1 Å². The Morgan fingerprint density at radius 2 is 1.72 bits per heavy atom. The van der Waals surface area contributed by atoms with E-state index in [2.05, 4.69) is 26.6 Å². The van der Waals surface area contributed by atoms with Gasteiger partial charge in [-0.05, 0) is 32.6 Å². The molecule has 2 heterocycles. The van der Waals surface area contributed by atoms with Crippen LogP contribution in [0.25, 0.3) is 0 Å². The predicted molar refractivity (Wildman–Crippen MR) is 93.9 cm³/mol. The van der Waals surface area contributed by atoms with Gasteiger partial charge in [0.2, 0.25) is 0 Å². The van der Waals surface area contributed by atoms with Crippen molar-refractivity contribution in [3.63, 3.8) is 0 Å². The van der Waals surface area contributed by atoms with Gasteiger partial charge in [0.05, 0.1) is 12.1 Å². The molecule has 0 bridgehead atoms. The quantitative estimate of drug-likeness (QED) is 0.308. The van der Waals surface area contributed by atoms with E-state index in [1.54, 1.807) is 0 Å². The molecule has 2 aliphatic heterocycles. The minimum absolute atomic E-state index is 0.0548. The van der Waals surface area contributed by atoms with Gasteiger partial charge >= 0.3 is 0 Å². The summed E-state index contributed by atoms with van der Waals surface area (Å²) in [5, 5.41) is 26.4. The summed E-state index contributed by atoms with van der Waals surface area (Å²) >= 11 is 0. The molecule has 0 amide bonds. The lowest BCUT2D eigenvalue weighted by molar-refractivity contribution is -0.0475. The highest BCUT2D eigenvalue weighted by molar-refractivity contribution is 7.97. The molecule has 9 nitrogen and oxygen atoms in total. The van der Waals surface area contributed by atoms with Crippen molar-refractivity contribution in [3.05, 3.63) is 0 Å². The van der Waals surface area contributed by atoms with Crippen molar-refractivity contribution in [1.29, 1.82) is 0 Å². The SMILES string of the molecule is CCOC1NC(NC2CCC(O)CC2)NC(NC2CC[S+](=O)([O-])C2)N1. The van der Waals surface area contributed by atoms with Crippen molar-refractivity contribution in [3.8, 4) is 0 Å². The largest absolute Gasteiger partial charge is 0.615 e. The van der Waals surface area contributed by atoms with Gasteiger partial charge in [0.25, 0.3) is 0 Å². The van der Waals surface area contributed by atoms with Crippen LogP contribution in [-0.4, -0.2) is 64.9 Å². The first kappa shape index (κ1) is 19.6. The Hall–Kier alpha value is -0.170. The molecule has 0 aromatic carbocycles. The fraction of sp³-hybridized carbons (Fsp3) is 1.00. The number of rotatable bonds is 6. The predicted octanol–water partition coefficient (Wildman–Crippen LogP) is -1.46. The Balaban J connectivity index is 1.53. The molecule has 3 fully saturated rings. The van der Waals surface area contributed by atoms with Crippen molar-refractivity contribution in [2.75, 3.05) is 18.1 Å². The molecule has 10 heteroatoms. The zero-order valence-electron chi connectivity index (χ0n) is 14.7. The first-order valence-corrected chi connectivity index (χ1v) is 11.1. The average molecular weight is 378 g/mol. The second-order valence-electron chi connectivity index (χ2n) is 7.14. The van der Waals surface area contributed by atoms with Crippen LogP contribution in [0.15, 0.2) is 0 Å². The molecule has 2 saturated heterocycles. The number of aliphatic hydroxyl groups is 1. The third-order valence-corrected chi connectivity index (χ3v) is 6.80. The summed E-state index contributed by atoms with van der Waals surface area (Å²) in [5.41, 5.74) is 0. The number of hydrogen-bond acceptors (Lipinski definition) is 9. The first-order valence-electron chi connectivity index (χ1n) is 9.24. The standard InChI is InChI=1S/C15H31N5O4S/c1-2-24-15-19-13(16-10-3-5-12(21)6-4-10)18-14(20-15)17-11-7-8-25(22,23)9-11/h10-21H,2-9H2,1H3. The molecular weight excluding hydrogens is 346 g/mol. The summed E-state index contributed by atoms with van der Waals surface area (Å²) in [6.45, 7) is 2.50. The molecule has 0 spiro atoms. The van der Waals surface area contributed by atoms with Crippen molar-refractivity contribution in [1.82, 2.24) is 26.6 Å². The van der Waals surface area contributed by atoms with Gasteiger partial charge < -0.3 is 14.4 Å². The van der Waals surface area contributed by atoms with Gasteiger partial charge in [-0.1, -0.05) is 0 Å². The van der Waals surface area contributed by atoms with Gasteiger partial charge in [-0.3, -0.25) is 26.6 Å². The van der Waals surface area contributed by atoms with E-state index in [-0.39, 0.29) is 42.6 Å². The van der Waals surface area contributed by atoms with Gasteiger partial charge in [0, 0.05) is 29.3 Å². The van der Waals surface area contributed by atoms with E-state index in [4.69, 9.17) is 4.74 Å². The highest BCUT2D eigenvalue weighted by Gasteiger charge is 2.36. The second-order valence-corrected chi connectivity index (χ2v) is 9.37. The molecule has 0 radical (unpaired) electrons. The smallest absolute Gasteiger partial charge is 0.167 e. The van der Waals surface area contributed by atoms with Gasteiger partial charge in [0.15, 0.2) is 6.35 Å². The molecule has 25 heavy (non-hydrogen) atoms. The fourth-order valence-corrected chi connectivity index (χ4v) is 5.40. The van der Waals surface area contributed by atoms with Gasteiger partial charge in [-0.25, -0.2) is 0 Å². The lowest BCUT2D eigenvalue weighted by Crippen LogP contribution is -2.76. The Morgan fingerprint density at radius 1 is 1.08 bits per heavy atom. The van der Waals surface area contributed by atoms with E-state index in [9.17, 15) is 13.9 Å². The first-order chi connectivity index (χ1) is 11.9. The van der Waals surface area contributed by atoms with E-state index in [1.165, 1.54) is 0 Å². The van der Waals surface area contributed by atoms with Crippen LogP contribution in [0.1, 0.15) is 39.0 Å². The summed E-state index contributed by atoms with van der Waals surface area (Å²) in [4.78, 5) is 0. The molecule has 0 aromatic rings. The maximum absolute atomic E-state index is 11.7. The number of hydrogen-bond donors (Lipinski definition) is 6. The Morgan fingerprint density at radius 3 is 2.28 bits per heavy atom. The zero-order valence-corrected chi connectivity index (χ0v) is 15.5. The highest BCUT2D eigenvalue weighted by Crippen LogP contribution is 2.19. The molecule has 3 aliphatic rings. The molecule has 5 atom stereocenters. The number of aliphatic hydroxyl groups excluding tert-OH is 1. The van der Waals surface area contributed by atoms with Crippen LogP contribution in [0, 0.1) is 0 Å². The lowest BCUT2D eigenvalue weighted by atomic mass is 9.93. The molecule has 3 rings (SSSR count). The van der Waals surface area contributed by atoms with Crippen LogP contribution in [0.5, 0.6) is 0 Å². The van der Waals surface area contributed by atoms with Crippen molar-refractivity contribution in [2.24, 2.45) is 0 Å². The molecule has 1 saturated carbocycles. The van der Waals surface area contributed by atoms with Gasteiger partial charge in [-0.2, -0.15) is 0 Å². The Bertz CT molecular complexity index is 477. The fourth-order valence-electron chi connectivity index (χ4n) is 3.71. The van der Waals surface area contributed by atoms with E-state index in [1.807, 2.05) is 6.92 Å². The van der Waals surface area contributed by atoms with Gasteiger partial charge in [-0.15, -0.1) is 4.21 Å². The maximum Gasteiger partial charge on any atom is 0.167 e. The normalized spacial score (nSPS) is 45.6. The molecule has 146 valence electrons. The van der Waals surface area contributed by atoms with Crippen molar-refractivity contribution < 1.29 is 18.6 Å². The zero-order chi connectivity index (χ0) is 17.9. The summed E-state index contributed by atoms with van der Waals surface area (Å²) in [6.07, 6.45) is 3.23. The highest BCUT2D eigenvalue weighted by atomic mass is 32.3. The maximum atomic E-state index is 11.7. The van der Waals surface area contributed by atoms with Crippen LogP contribution in [0.4, 0.5) is 0 Å². The summed E-state index contributed by atoms with van der Waals surface area (Å²) < 4.78 is 29.0.